The third-order valence-electron chi connectivity index (χ3n) is 4.00. The van der Waals surface area contributed by atoms with Gasteiger partial charge in [-0.2, -0.15) is 0 Å². The second-order valence-corrected chi connectivity index (χ2v) is 5.71. The molecular formula is C18H19N3O2. The van der Waals surface area contributed by atoms with Crippen molar-refractivity contribution in [1.82, 2.24) is 14.8 Å². The number of hydrogen-bond donors (Lipinski definition) is 0. The minimum atomic E-state index is 0.131. The lowest BCUT2D eigenvalue weighted by Crippen LogP contribution is -2.49. The van der Waals surface area contributed by atoms with Crippen LogP contribution in [0, 0.1) is 0 Å². The average molecular weight is 309 g/mol. The van der Waals surface area contributed by atoms with E-state index in [0.717, 1.165) is 24.1 Å². The summed E-state index contributed by atoms with van der Waals surface area (Å²) in [5.41, 5.74) is 2.68. The molecule has 0 radical (unpaired) electrons. The first-order valence-electron chi connectivity index (χ1n) is 7.69. The number of nitrogens with zero attached hydrogens (tertiary/aromatic N) is 3. The van der Waals surface area contributed by atoms with Crippen molar-refractivity contribution in [1.29, 1.82) is 0 Å². The highest BCUT2D eigenvalue weighted by molar-refractivity contribution is 5.79. The summed E-state index contributed by atoms with van der Waals surface area (Å²) in [6.07, 6.45) is 2.60. The van der Waals surface area contributed by atoms with Gasteiger partial charge >= 0.3 is 0 Å². The van der Waals surface area contributed by atoms with Crippen LogP contribution in [0.3, 0.4) is 0 Å². The molecule has 0 unspecified atom stereocenters. The van der Waals surface area contributed by atoms with E-state index in [1.165, 1.54) is 0 Å². The molecule has 0 saturated carbocycles. The monoisotopic (exact) mass is 309 g/mol. The van der Waals surface area contributed by atoms with Gasteiger partial charge in [0.05, 0.1) is 12.2 Å². The lowest BCUT2D eigenvalue weighted by atomic mass is 10.1. The molecule has 1 aliphatic heterocycles. The Labute approximate surface area is 135 Å². The largest absolute Gasteiger partial charge is 0.336 e. The van der Waals surface area contributed by atoms with Gasteiger partial charge in [-0.1, -0.05) is 30.3 Å². The van der Waals surface area contributed by atoms with Crippen LogP contribution in [-0.2, 0) is 17.9 Å². The summed E-state index contributed by atoms with van der Waals surface area (Å²) in [7, 11) is 0. The van der Waals surface area contributed by atoms with E-state index in [1.807, 2.05) is 35.2 Å². The van der Waals surface area contributed by atoms with E-state index in [4.69, 9.17) is 0 Å². The number of aromatic nitrogens is 1. The highest BCUT2D eigenvalue weighted by Crippen LogP contribution is 2.12. The molecular weight excluding hydrogens is 290 g/mol. The normalized spacial score (nSPS) is 15.7. The average Bonchev–Trinajstić information content (AvgIpc) is 2.59. The molecule has 2 aromatic rings. The summed E-state index contributed by atoms with van der Waals surface area (Å²) >= 11 is 0. The van der Waals surface area contributed by atoms with Gasteiger partial charge in [0, 0.05) is 37.9 Å². The Bertz CT molecular complexity index is 670. The second kappa shape index (κ2) is 7.15. The van der Waals surface area contributed by atoms with E-state index in [1.54, 1.807) is 18.3 Å². The summed E-state index contributed by atoms with van der Waals surface area (Å²) in [5, 5.41) is 0. The van der Waals surface area contributed by atoms with Crippen molar-refractivity contribution in [3.05, 3.63) is 65.5 Å². The fourth-order valence-electron chi connectivity index (χ4n) is 2.70. The number of piperazine rings is 1. The molecule has 5 heteroatoms. The molecule has 5 nitrogen and oxygen atoms in total. The predicted molar refractivity (Wildman–Crippen MR) is 86.8 cm³/mol. The van der Waals surface area contributed by atoms with Crippen molar-refractivity contribution in [2.75, 3.05) is 19.6 Å². The summed E-state index contributed by atoms with van der Waals surface area (Å²) < 4.78 is 0. The van der Waals surface area contributed by atoms with Crippen LogP contribution in [0.15, 0.2) is 48.7 Å². The number of aldehydes is 1. The number of carbonyl (C=O) groups is 2. The molecule has 118 valence electrons. The van der Waals surface area contributed by atoms with E-state index in [9.17, 15) is 9.59 Å². The zero-order valence-corrected chi connectivity index (χ0v) is 12.9. The van der Waals surface area contributed by atoms with Gasteiger partial charge in [-0.25, -0.2) is 0 Å². The van der Waals surface area contributed by atoms with Crippen molar-refractivity contribution in [3.63, 3.8) is 0 Å². The number of benzene rings is 1. The van der Waals surface area contributed by atoms with Crippen molar-refractivity contribution < 1.29 is 9.59 Å². The first-order chi connectivity index (χ1) is 11.2. The zero-order valence-electron chi connectivity index (χ0n) is 12.9. The fraction of sp³-hybridized carbons (Fsp3) is 0.278. The van der Waals surface area contributed by atoms with Gasteiger partial charge in [-0.05, 0) is 17.7 Å². The van der Waals surface area contributed by atoms with Crippen LogP contribution >= 0.6 is 0 Å². The molecule has 1 aromatic heterocycles. The SMILES string of the molecule is O=Cc1ccc(CN2CCN(Cc3ccccn3)CC2=O)cc1. The van der Waals surface area contributed by atoms with Crippen molar-refractivity contribution in [3.8, 4) is 0 Å². The Morgan fingerprint density at radius 2 is 1.87 bits per heavy atom. The van der Waals surface area contributed by atoms with Crippen molar-refractivity contribution in [2.45, 2.75) is 13.1 Å². The van der Waals surface area contributed by atoms with Crippen LogP contribution in [0.1, 0.15) is 21.6 Å². The minimum Gasteiger partial charge on any atom is -0.336 e. The maximum Gasteiger partial charge on any atom is 0.237 e. The standard InChI is InChI=1S/C18H19N3O2/c22-14-16-6-4-15(5-7-16)11-21-10-9-20(13-18(21)23)12-17-3-1-2-8-19-17/h1-8,14H,9-13H2. The summed E-state index contributed by atoms with van der Waals surface area (Å²) in [5.74, 6) is 0.131. The van der Waals surface area contributed by atoms with Gasteiger partial charge in [-0.3, -0.25) is 19.5 Å². The highest BCUT2D eigenvalue weighted by atomic mass is 16.2. The predicted octanol–water partition coefficient (Wildman–Crippen LogP) is 1.74. The number of pyridine rings is 1. The van der Waals surface area contributed by atoms with Gasteiger partial charge in [0.2, 0.25) is 5.91 Å². The van der Waals surface area contributed by atoms with Gasteiger partial charge in [0.25, 0.3) is 0 Å². The van der Waals surface area contributed by atoms with E-state index in [2.05, 4.69) is 9.88 Å². The summed E-state index contributed by atoms with van der Waals surface area (Å²) in [6.45, 7) is 3.27. The molecule has 0 spiro atoms. The van der Waals surface area contributed by atoms with Crippen LogP contribution in [-0.4, -0.2) is 46.6 Å². The van der Waals surface area contributed by atoms with Crippen LogP contribution in [0.25, 0.3) is 0 Å². The molecule has 0 N–H and O–H groups in total. The van der Waals surface area contributed by atoms with Crippen molar-refractivity contribution in [2.24, 2.45) is 0 Å². The van der Waals surface area contributed by atoms with Crippen molar-refractivity contribution >= 4 is 12.2 Å². The number of rotatable bonds is 5. The Morgan fingerprint density at radius 3 is 2.52 bits per heavy atom. The lowest BCUT2D eigenvalue weighted by Gasteiger charge is -2.34. The molecule has 1 aliphatic rings. The summed E-state index contributed by atoms with van der Waals surface area (Å²) in [6, 6.07) is 13.2. The molecule has 1 saturated heterocycles. The maximum atomic E-state index is 12.3. The molecule has 1 fully saturated rings. The lowest BCUT2D eigenvalue weighted by molar-refractivity contribution is -0.136. The Hall–Kier alpha value is -2.53. The van der Waals surface area contributed by atoms with Crippen LogP contribution in [0.5, 0.6) is 0 Å². The van der Waals surface area contributed by atoms with Gasteiger partial charge in [0.1, 0.15) is 6.29 Å². The molecule has 1 amide bonds. The molecule has 0 atom stereocenters. The highest BCUT2D eigenvalue weighted by Gasteiger charge is 2.24. The quantitative estimate of drug-likeness (QED) is 0.790. The van der Waals surface area contributed by atoms with Gasteiger partial charge in [-0.15, -0.1) is 0 Å². The van der Waals surface area contributed by atoms with Gasteiger partial charge < -0.3 is 4.90 Å². The maximum absolute atomic E-state index is 12.3. The Kier molecular flexibility index (Phi) is 4.78. The van der Waals surface area contributed by atoms with Crippen LogP contribution in [0.4, 0.5) is 0 Å². The third-order valence-corrected chi connectivity index (χ3v) is 4.00. The smallest absolute Gasteiger partial charge is 0.237 e. The number of carbonyl (C=O) groups excluding carboxylic acids is 2. The Balaban J connectivity index is 1.56. The number of hydrogen-bond acceptors (Lipinski definition) is 4. The molecule has 0 aliphatic carbocycles. The van der Waals surface area contributed by atoms with E-state index >= 15 is 0 Å². The molecule has 0 bridgehead atoms. The molecule has 1 aromatic carbocycles. The molecule has 3 rings (SSSR count). The Morgan fingerprint density at radius 1 is 1.04 bits per heavy atom. The van der Waals surface area contributed by atoms with Crippen LogP contribution < -0.4 is 0 Å². The zero-order chi connectivity index (χ0) is 16.1. The van der Waals surface area contributed by atoms with E-state index in [-0.39, 0.29) is 5.91 Å². The van der Waals surface area contributed by atoms with E-state index < -0.39 is 0 Å². The topological polar surface area (TPSA) is 53.5 Å². The number of amides is 1. The second-order valence-electron chi connectivity index (χ2n) is 5.71. The van der Waals surface area contributed by atoms with E-state index in [0.29, 0.717) is 31.7 Å². The first-order valence-corrected chi connectivity index (χ1v) is 7.69. The van der Waals surface area contributed by atoms with Gasteiger partial charge in [0.15, 0.2) is 0 Å². The molecule has 2 heterocycles. The first kappa shape index (κ1) is 15.4. The molecule has 23 heavy (non-hydrogen) atoms. The fourth-order valence-corrected chi connectivity index (χ4v) is 2.70. The minimum absolute atomic E-state index is 0.131. The third kappa shape index (κ3) is 4.02. The van der Waals surface area contributed by atoms with Crippen LogP contribution in [0.2, 0.25) is 0 Å². The summed E-state index contributed by atoms with van der Waals surface area (Å²) in [4.78, 5) is 31.3.